The highest BCUT2D eigenvalue weighted by atomic mass is 16.6. The maximum atomic E-state index is 10.4. The molecule has 0 bridgehead atoms. The Morgan fingerprint density at radius 3 is 2.53 bits per heavy atom. The SMILES string of the molecule is CC(CCC(=O)O)Oc1ccc([N+](=O)[O-])cc1. The molecule has 17 heavy (non-hydrogen) atoms. The molecule has 1 aromatic rings. The van der Waals surface area contributed by atoms with Gasteiger partial charge in [0.05, 0.1) is 11.0 Å². The van der Waals surface area contributed by atoms with Crippen molar-refractivity contribution in [3.8, 4) is 5.75 Å². The van der Waals surface area contributed by atoms with Crippen LogP contribution in [0.1, 0.15) is 19.8 Å². The summed E-state index contributed by atoms with van der Waals surface area (Å²) in [6, 6.07) is 5.68. The van der Waals surface area contributed by atoms with Crippen molar-refractivity contribution in [3.05, 3.63) is 34.4 Å². The van der Waals surface area contributed by atoms with E-state index in [-0.39, 0.29) is 18.2 Å². The molecule has 0 saturated heterocycles. The number of rotatable bonds is 6. The van der Waals surface area contributed by atoms with E-state index in [0.29, 0.717) is 12.2 Å². The normalized spacial score (nSPS) is 11.8. The molecule has 6 nitrogen and oxygen atoms in total. The molecular weight excluding hydrogens is 226 g/mol. The number of carboxylic acids is 1. The molecule has 0 aliphatic carbocycles. The lowest BCUT2D eigenvalue weighted by Crippen LogP contribution is -2.13. The van der Waals surface area contributed by atoms with Crippen LogP contribution in [-0.4, -0.2) is 22.1 Å². The van der Waals surface area contributed by atoms with E-state index >= 15 is 0 Å². The first-order valence-electron chi connectivity index (χ1n) is 5.12. The Morgan fingerprint density at radius 1 is 1.47 bits per heavy atom. The number of ether oxygens (including phenoxy) is 1. The molecule has 0 amide bonds. The molecular formula is C11H13NO5. The highest BCUT2D eigenvalue weighted by molar-refractivity contribution is 5.66. The van der Waals surface area contributed by atoms with Crippen LogP contribution in [0.3, 0.4) is 0 Å². The third kappa shape index (κ3) is 4.50. The smallest absolute Gasteiger partial charge is 0.303 e. The topological polar surface area (TPSA) is 89.7 Å². The molecule has 0 radical (unpaired) electrons. The highest BCUT2D eigenvalue weighted by Gasteiger charge is 2.09. The van der Waals surface area contributed by atoms with Crippen molar-refractivity contribution < 1.29 is 19.6 Å². The number of benzene rings is 1. The van der Waals surface area contributed by atoms with Crippen molar-refractivity contribution in [3.63, 3.8) is 0 Å². The maximum absolute atomic E-state index is 10.4. The summed E-state index contributed by atoms with van der Waals surface area (Å²) in [5, 5.41) is 18.9. The van der Waals surface area contributed by atoms with E-state index in [0.717, 1.165) is 0 Å². The number of hydrogen-bond donors (Lipinski definition) is 1. The van der Waals surface area contributed by atoms with Gasteiger partial charge in [-0.05, 0) is 25.5 Å². The first-order chi connectivity index (χ1) is 7.99. The number of nitro benzene ring substituents is 1. The summed E-state index contributed by atoms with van der Waals surface area (Å²) >= 11 is 0. The van der Waals surface area contributed by atoms with E-state index < -0.39 is 10.9 Å². The van der Waals surface area contributed by atoms with Crippen LogP contribution in [0.5, 0.6) is 5.75 Å². The molecule has 0 aliphatic heterocycles. The molecule has 1 unspecified atom stereocenters. The monoisotopic (exact) mass is 239 g/mol. The number of non-ortho nitro benzene ring substituents is 1. The molecule has 0 aromatic heterocycles. The first-order valence-corrected chi connectivity index (χ1v) is 5.12. The third-order valence-electron chi connectivity index (χ3n) is 2.15. The minimum atomic E-state index is -0.871. The lowest BCUT2D eigenvalue weighted by molar-refractivity contribution is -0.384. The van der Waals surface area contributed by atoms with Gasteiger partial charge in [0.1, 0.15) is 5.75 Å². The largest absolute Gasteiger partial charge is 0.491 e. The zero-order chi connectivity index (χ0) is 12.8. The van der Waals surface area contributed by atoms with E-state index in [4.69, 9.17) is 9.84 Å². The zero-order valence-corrected chi connectivity index (χ0v) is 9.33. The summed E-state index contributed by atoms with van der Waals surface area (Å²) < 4.78 is 5.41. The maximum Gasteiger partial charge on any atom is 0.303 e. The summed E-state index contributed by atoms with van der Waals surface area (Å²) in [5.74, 6) is -0.377. The average molecular weight is 239 g/mol. The standard InChI is InChI=1S/C11H13NO5/c1-8(2-7-11(13)14)17-10-5-3-9(4-6-10)12(15)16/h3-6,8H,2,7H2,1H3,(H,13,14). The minimum Gasteiger partial charge on any atom is -0.491 e. The van der Waals surface area contributed by atoms with Gasteiger partial charge in [0, 0.05) is 18.6 Å². The van der Waals surface area contributed by atoms with E-state index in [1.54, 1.807) is 6.92 Å². The minimum absolute atomic E-state index is 0.00413. The van der Waals surface area contributed by atoms with Crippen LogP contribution in [0.4, 0.5) is 5.69 Å². The van der Waals surface area contributed by atoms with Crippen molar-refractivity contribution >= 4 is 11.7 Å². The number of nitro groups is 1. The Hall–Kier alpha value is -2.11. The Balaban J connectivity index is 2.51. The fourth-order valence-electron chi connectivity index (χ4n) is 1.26. The molecule has 1 N–H and O–H groups in total. The summed E-state index contributed by atoms with van der Waals surface area (Å²) in [5.41, 5.74) is -0.00413. The molecule has 92 valence electrons. The van der Waals surface area contributed by atoms with Crippen LogP contribution in [0.25, 0.3) is 0 Å². The summed E-state index contributed by atoms with van der Waals surface area (Å²) in [6.07, 6.45) is 0.188. The van der Waals surface area contributed by atoms with Crippen LogP contribution in [0.15, 0.2) is 24.3 Å². The first kappa shape index (κ1) is 13.0. The van der Waals surface area contributed by atoms with Crippen molar-refractivity contribution in [2.75, 3.05) is 0 Å². The average Bonchev–Trinajstić information content (AvgIpc) is 2.27. The quantitative estimate of drug-likeness (QED) is 0.607. The van der Waals surface area contributed by atoms with Crippen LogP contribution in [0.2, 0.25) is 0 Å². The predicted octanol–water partition coefficient (Wildman–Crippen LogP) is 2.23. The lowest BCUT2D eigenvalue weighted by Gasteiger charge is -2.13. The Bertz CT molecular complexity index is 401. The van der Waals surface area contributed by atoms with E-state index in [2.05, 4.69) is 0 Å². The van der Waals surface area contributed by atoms with Crippen LogP contribution in [-0.2, 0) is 4.79 Å². The molecule has 1 aromatic carbocycles. The van der Waals surface area contributed by atoms with Crippen LogP contribution < -0.4 is 4.74 Å². The van der Waals surface area contributed by atoms with Crippen molar-refractivity contribution in [1.29, 1.82) is 0 Å². The van der Waals surface area contributed by atoms with Gasteiger partial charge < -0.3 is 9.84 Å². The van der Waals surface area contributed by atoms with Gasteiger partial charge in [-0.3, -0.25) is 14.9 Å². The molecule has 6 heteroatoms. The highest BCUT2D eigenvalue weighted by Crippen LogP contribution is 2.19. The van der Waals surface area contributed by atoms with Gasteiger partial charge in [-0.1, -0.05) is 0 Å². The van der Waals surface area contributed by atoms with Gasteiger partial charge >= 0.3 is 5.97 Å². The zero-order valence-electron chi connectivity index (χ0n) is 9.33. The third-order valence-corrected chi connectivity index (χ3v) is 2.15. The van der Waals surface area contributed by atoms with Crippen LogP contribution in [0, 0.1) is 10.1 Å². The molecule has 0 spiro atoms. The van der Waals surface area contributed by atoms with Crippen molar-refractivity contribution in [2.24, 2.45) is 0 Å². The number of carboxylic acid groups (broad SMARTS) is 1. The molecule has 0 aliphatic rings. The van der Waals surface area contributed by atoms with Gasteiger partial charge in [-0.2, -0.15) is 0 Å². The van der Waals surface area contributed by atoms with E-state index in [9.17, 15) is 14.9 Å². The van der Waals surface area contributed by atoms with Crippen molar-refractivity contribution in [1.82, 2.24) is 0 Å². The second-order valence-electron chi connectivity index (χ2n) is 3.61. The van der Waals surface area contributed by atoms with Gasteiger partial charge in [0.15, 0.2) is 0 Å². The van der Waals surface area contributed by atoms with Gasteiger partial charge in [-0.15, -0.1) is 0 Å². The molecule has 1 rings (SSSR count). The molecule has 0 saturated carbocycles. The summed E-state index contributed by atoms with van der Waals surface area (Å²) in [7, 11) is 0. The summed E-state index contributed by atoms with van der Waals surface area (Å²) in [6.45, 7) is 1.75. The van der Waals surface area contributed by atoms with Crippen LogP contribution >= 0.6 is 0 Å². The Kier molecular flexibility index (Phi) is 4.45. The van der Waals surface area contributed by atoms with Gasteiger partial charge in [0.2, 0.25) is 0 Å². The number of carbonyl (C=O) groups is 1. The second kappa shape index (κ2) is 5.83. The predicted molar refractivity (Wildman–Crippen MR) is 60.1 cm³/mol. The molecule has 1 atom stereocenters. The fraction of sp³-hybridized carbons (Fsp3) is 0.364. The second-order valence-corrected chi connectivity index (χ2v) is 3.61. The molecule has 0 fully saturated rings. The Labute approximate surface area is 98.0 Å². The lowest BCUT2D eigenvalue weighted by atomic mass is 10.2. The number of nitrogens with zero attached hydrogens (tertiary/aromatic N) is 1. The van der Waals surface area contributed by atoms with E-state index in [1.807, 2.05) is 0 Å². The number of aliphatic carboxylic acids is 1. The van der Waals surface area contributed by atoms with E-state index in [1.165, 1.54) is 24.3 Å². The summed E-state index contributed by atoms with van der Waals surface area (Å²) in [4.78, 5) is 20.3. The Morgan fingerprint density at radius 2 is 2.06 bits per heavy atom. The van der Waals surface area contributed by atoms with Gasteiger partial charge in [-0.25, -0.2) is 0 Å². The van der Waals surface area contributed by atoms with Crippen molar-refractivity contribution in [2.45, 2.75) is 25.9 Å². The fourth-order valence-corrected chi connectivity index (χ4v) is 1.26. The van der Waals surface area contributed by atoms with Gasteiger partial charge in [0.25, 0.3) is 5.69 Å². The molecule has 0 heterocycles. The number of hydrogen-bond acceptors (Lipinski definition) is 4.